The molecule has 3 rings (SSSR count). The predicted molar refractivity (Wildman–Crippen MR) is 87.6 cm³/mol. The molecule has 1 aliphatic carbocycles. The molecule has 1 fully saturated rings. The topological polar surface area (TPSA) is 32.3 Å². The number of rotatable bonds is 4. The normalized spacial score (nSPS) is 12.9. The molecule has 21 heavy (non-hydrogen) atoms. The molecule has 0 aliphatic heterocycles. The van der Waals surface area contributed by atoms with Gasteiger partial charge in [-0.25, -0.2) is 0 Å². The van der Waals surface area contributed by atoms with Crippen LogP contribution in [0.5, 0.6) is 5.75 Å². The molecule has 2 heteroatoms. The molecule has 0 bridgehead atoms. The van der Waals surface area contributed by atoms with Crippen molar-refractivity contribution in [3.63, 3.8) is 0 Å². The number of phenolic OH excluding ortho intramolecular Hbond substituents is 1. The van der Waals surface area contributed by atoms with E-state index in [1.54, 1.807) is 12.1 Å². The van der Waals surface area contributed by atoms with Crippen molar-refractivity contribution in [2.24, 2.45) is 0 Å². The molecule has 0 atom stereocenters. The Bertz CT molecular complexity index is 705. The first-order chi connectivity index (χ1) is 10.1. The highest BCUT2D eigenvalue weighted by Crippen LogP contribution is 2.36. The van der Waals surface area contributed by atoms with E-state index in [0.29, 0.717) is 5.75 Å². The van der Waals surface area contributed by atoms with E-state index in [-0.39, 0.29) is 0 Å². The highest BCUT2D eigenvalue weighted by Gasteiger charge is 2.19. The van der Waals surface area contributed by atoms with Gasteiger partial charge in [0.15, 0.2) is 0 Å². The van der Waals surface area contributed by atoms with E-state index in [1.807, 2.05) is 19.1 Å². The van der Waals surface area contributed by atoms with E-state index in [4.69, 9.17) is 0 Å². The lowest BCUT2D eigenvalue weighted by molar-refractivity contribution is 0.475. The molecule has 0 radical (unpaired) electrons. The summed E-state index contributed by atoms with van der Waals surface area (Å²) in [5.41, 5.74) is 7.05. The molecule has 0 saturated heterocycles. The first-order valence-electron chi connectivity index (χ1n) is 7.18. The van der Waals surface area contributed by atoms with Crippen LogP contribution in [-0.4, -0.2) is 5.11 Å². The lowest BCUT2D eigenvalue weighted by Crippen LogP contribution is -2.08. The fourth-order valence-corrected chi connectivity index (χ4v) is 2.40. The molecule has 1 saturated carbocycles. The molecule has 0 aromatic heterocycles. The highest BCUT2D eigenvalue weighted by molar-refractivity contribution is 5.75. The Labute approximate surface area is 125 Å². The molecule has 0 unspecified atom stereocenters. The molecular formula is C19H19NO. The van der Waals surface area contributed by atoms with E-state index in [0.717, 1.165) is 16.8 Å². The van der Waals surface area contributed by atoms with Gasteiger partial charge in [-0.1, -0.05) is 36.9 Å². The maximum Gasteiger partial charge on any atom is 0.115 e. The van der Waals surface area contributed by atoms with Crippen LogP contribution in [0.2, 0.25) is 0 Å². The van der Waals surface area contributed by atoms with Gasteiger partial charge in [0.25, 0.3) is 0 Å². The maximum atomic E-state index is 9.40. The second-order valence-corrected chi connectivity index (χ2v) is 5.51. The van der Waals surface area contributed by atoms with Gasteiger partial charge in [0, 0.05) is 11.4 Å². The summed E-state index contributed by atoms with van der Waals surface area (Å²) in [6.45, 7) is 5.93. The Morgan fingerprint density at radius 1 is 1.05 bits per heavy atom. The largest absolute Gasteiger partial charge is 0.508 e. The van der Waals surface area contributed by atoms with Crippen molar-refractivity contribution in [2.75, 3.05) is 0 Å². The Balaban J connectivity index is 1.98. The summed E-state index contributed by atoms with van der Waals surface area (Å²) >= 11 is 0. The zero-order valence-electron chi connectivity index (χ0n) is 12.2. The summed E-state index contributed by atoms with van der Waals surface area (Å²) in [4.78, 5) is 0. The van der Waals surface area contributed by atoms with Crippen molar-refractivity contribution in [2.45, 2.75) is 19.8 Å². The van der Waals surface area contributed by atoms with E-state index >= 15 is 0 Å². The summed E-state index contributed by atoms with van der Waals surface area (Å²) in [5, 5.41) is 12.8. The van der Waals surface area contributed by atoms with Crippen LogP contribution in [-0.2, 0) is 0 Å². The van der Waals surface area contributed by atoms with Gasteiger partial charge < -0.3 is 10.4 Å². The number of hydrogen-bond acceptors (Lipinski definition) is 2. The van der Waals surface area contributed by atoms with Crippen molar-refractivity contribution < 1.29 is 5.11 Å². The van der Waals surface area contributed by atoms with E-state index < -0.39 is 0 Å². The first-order valence-corrected chi connectivity index (χ1v) is 7.18. The van der Waals surface area contributed by atoms with Crippen LogP contribution in [0.1, 0.15) is 25.3 Å². The molecule has 2 aromatic carbocycles. The van der Waals surface area contributed by atoms with Crippen molar-refractivity contribution >= 4 is 5.70 Å². The Kier molecular flexibility index (Phi) is 3.53. The number of phenols is 1. The molecule has 0 spiro atoms. The van der Waals surface area contributed by atoms with Crippen LogP contribution in [0.15, 0.2) is 66.4 Å². The summed E-state index contributed by atoms with van der Waals surface area (Å²) in [5.74, 6) is 0.291. The zero-order valence-corrected chi connectivity index (χ0v) is 12.2. The second-order valence-electron chi connectivity index (χ2n) is 5.51. The van der Waals surface area contributed by atoms with E-state index in [9.17, 15) is 5.11 Å². The van der Waals surface area contributed by atoms with Gasteiger partial charge in [0.05, 0.1) is 0 Å². The monoisotopic (exact) mass is 277 g/mol. The molecular weight excluding hydrogens is 258 g/mol. The van der Waals surface area contributed by atoms with Gasteiger partial charge >= 0.3 is 0 Å². The highest BCUT2D eigenvalue weighted by atomic mass is 16.3. The quantitative estimate of drug-likeness (QED) is 0.850. The average molecular weight is 277 g/mol. The van der Waals surface area contributed by atoms with Gasteiger partial charge in [0.1, 0.15) is 5.75 Å². The summed E-state index contributed by atoms with van der Waals surface area (Å²) in [6, 6.07) is 15.8. The summed E-state index contributed by atoms with van der Waals surface area (Å²) in [7, 11) is 0. The predicted octanol–water partition coefficient (Wildman–Crippen LogP) is 4.69. The van der Waals surface area contributed by atoms with Gasteiger partial charge in [-0.2, -0.15) is 0 Å². The van der Waals surface area contributed by atoms with Crippen LogP contribution in [0.4, 0.5) is 0 Å². The number of aromatic hydroxyl groups is 1. The lowest BCUT2D eigenvalue weighted by Gasteiger charge is -2.12. The average Bonchev–Trinajstić information content (AvgIpc) is 3.30. The first kappa shape index (κ1) is 13.5. The number of nitrogens with one attached hydrogen (secondary N) is 1. The molecule has 0 heterocycles. The van der Waals surface area contributed by atoms with E-state index in [1.165, 1.54) is 29.7 Å². The molecule has 2 aromatic rings. The van der Waals surface area contributed by atoms with Crippen LogP contribution in [0.3, 0.4) is 0 Å². The SMILES string of the molecule is C=C(C)NC(=C1CC1)c1cccc(-c2ccc(O)cc2)c1. The third-order valence-electron chi connectivity index (χ3n) is 3.54. The van der Waals surface area contributed by atoms with Gasteiger partial charge in [-0.15, -0.1) is 0 Å². The zero-order chi connectivity index (χ0) is 14.8. The Morgan fingerprint density at radius 3 is 2.38 bits per heavy atom. The van der Waals surface area contributed by atoms with Crippen molar-refractivity contribution in [3.8, 4) is 16.9 Å². The standard InChI is InChI=1S/C19H19NO/c1-13(2)20-19(15-6-7-15)17-5-3-4-16(12-17)14-8-10-18(21)11-9-14/h3-5,8-12,20-21H,1,6-7H2,2H3. The summed E-state index contributed by atoms with van der Waals surface area (Å²) in [6.07, 6.45) is 2.33. The fraction of sp³-hybridized carbons (Fsp3) is 0.158. The summed E-state index contributed by atoms with van der Waals surface area (Å²) < 4.78 is 0. The van der Waals surface area contributed by atoms with Crippen LogP contribution < -0.4 is 5.32 Å². The van der Waals surface area contributed by atoms with Crippen molar-refractivity contribution in [1.29, 1.82) is 0 Å². The minimum Gasteiger partial charge on any atom is -0.508 e. The van der Waals surface area contributed by atoms with Crippen LogP contribution in [0.25, 0.3) is 16.8 Å². The number of allylic oxidation sites excluding steroid dienone is 2. The maximum absolute atomic E-state index is 9.40. The lowest BCUT2D eigenvalue weighted by atomic mass is 10.0. The van der Waals surface area contributed by atoms with E-state index in [2.05, 4.69) is 36.2 Å². The van der Waals surface area contributed by atoms with Gasteiger partial charge in [0.2, 0.25) is 0 Å². The third kappa shape index (κ3) is 3.16. The Morgan fingerprint density at radius 2 is 1.76 bits per heavy atom. The Hall–Kier alpha value is -2.48. The molecule has 106 valence electrons. The number of hydrogen-bond donors (Lipinski definition) is 2. The second kappa shape index (κ2) is 5.49. The molecule has 1 aliphatic rings. The molecule has 0 amide bonds. The fourth-order valence-electron chi connectivity index (χ4n) is 2.40. The third-order valence-corrected chi connectivity index (χ3v) is 3.54. The molecule has 2 nitrogen and oxygen atoms in total. The van der Waals surface area contributed by atoms with Crippen LogP contribution >= 0.6 is 0 Å². The van der Waals surface area contributed by atoms with Gasteiger partial charge in [-0.05, 0) is 60.2 Å². The van der Waals surface area contributed by atoms with Crippen molar-refractivity contribution in [3.05, 3.63) is 71.9 Å². The van der Waals surface area contributed by atoms with Crippen LogP contribution in [0, 0.1) is 0 Å². The number of benzene rings is 2. The minimum absolute atomic E-state index is 0.291. The molecule has 2 N–H and O–H groups in total. The van der Waals surface area contributed by atoms with Gasteiger partial charge in [-0.3, -0.25) is 0 Å². The minimum atomic E-state index is 0.291. The smallest absolute Gasteiger partial charge is 0.115 e. The van der Waals surface area contributed by atoms with Crippen molar-refractivity contribution in [1.82, 2.24) is 5.32 Å².